The predicted molar refractivity (Wildman–Crippen MR) is 127 cm³/mol. The standard InChI is InChI=1S/C22H30N4O6S/c1-5-7-8-12-25(22-24-15(3)19(33-22)21(28)32-6-2)20(27)16-9-10-17(23-11-13-31-4)18(14-16)26(29)30/h9-10,14,23H,5-8,11-13H2,1-4H3. The molecule has 2 aromatic rings. The third-order valence-corrected chi connectivity index (χ3v) is 5.93. The van der Waals surface area contributed by atoms with Crippen molar-refractivity contribution < 1.29 is 24.0 Å². The molecule has 33 heavy (non-hydrogen) atoms. The first kappa shape index (κ1) is 26.2. The highest BCUT2D eigenvalue weighted by Crippen LogP contribution is 2.31. The molecule has 0 atom stereocenters. The van der Waals surface area contributed by atoms with E-state index in [1.165, 1.54) is 17.0 Å². The van der Waals surface area contributed by atoms with Gasteiger partial charge in [-0.25, -0.2) is 9.78 Å². The van der Waals surface area contributed by atoms with Gasteiger partial charge in [0.25, 0.3) is 11.6 Å². The van der Waals surface area contributed by atoms with E-state index in [0.29, 0.717) is 41.1 Å². The number of aryl methyl sites for hydroxylation is 1. The van der Waals surface area contributed by atoms with E-state index in [0.717, 1.165) is 30.6 Å². The monoisotopic (exact) mass is 478 g/mol. The van der Waals surface area contributed by atoms with Gasteiger partial charge in [-0.1, -0.05) is 31.1 Å². The zero-order chi connectivity index (χ0) is 24.4. The Hall–Kier alpha value is -3.05. The summed E-state index contributed by atoms with van der Waals surface area (Å²) >= 11 is 1.08. The molecule has 0 saturated carbocycles. The quantitative estimate of drug-likeness (QED) is 0.194. The van der Waals surface area contributed by atoms with Crippen LogP contribution >= 0.6 is 11.3 Å². The second kappa shape index (κ2) is 12.9. The van der Waals surface area contributed by atoms with Crippen molar-refractivity contribution in [1.29, 1.82) is 0 Å². The number of rotatable bonds is 13. The maximum Gasteiger partial charge on any atom is 0.350 e. The van der Waals surface area contributed by atoms with Crippen molar-refractivity contribution in [2.24, 2.45) is 0 Å². The Balaban J connectivity index is 2.39. The second-order valence-corrected chi connectivity index (χ2v) is 8.18. The lowest BCUT2D eigenvalue weighted by Gasteiger charge is -2.20. The molecular formula is C22H30N4O6S. The Kier molecular flexibility index (Phi) is 10.2. The predicted octanol–water partition coefficient (Wildman–Crippen LogP) is 4.43. The van der Waals surface area contributed by atoms with E-state index in [9.17, 15) is 19.7 Å². The van der Waals surface area contributed by atoms with Gasteiger partial charge in [-0.15, -0.1) is 0 Å². The summed E-state index contributed by atoms with van der Waals surface area (Å²) in [6.45, 7) is 6.85. The Morgan fingerprint density at radius 3 is 2.67 bits per heavy atom. The van der Waals surface area contributed by atoms with E-state index < -0.39 is 16.8 Å². The van der Waals surface area contributed by atoms with Crippen LogP contribution < -0.4 is 10.2 Å². The largest absolute Gasteiger partial charge is 0.462 e. The van der Waals surface area contributed by atoms with Crippen LogP contribution in [-0.2, 0) is 9.47 Å². The summed E-state index contributed by atoms with van der Waals surface area (Å²) in [7, 11) is 1.54. The summed E-state index contributed by atoms with van der Waals surface area (Å²) in [6.07, 6.45) is 2.59. The number of nitrogens with one attached hydrogen (secondary N) is 1. The maximum absolute atomic E-state index is 13.4. The Bertz CT molecular complexity index is 978. The number of nitrogens with zero attached hydrogens (tertiary/aromatic N) is 3. The van der Waals surface area contributed by atoms with Crippen LogP contribution in [0.4, 0.5) is 16.5 Å². The van der Waals surface area contributed by atoms with Gasteiger partial charge < -0.3 is 14.8 Å². The number of anilines is 2. The van der Waals surface area contributed by atoms with E-state index in [1.807, 2.05) is 0 Å². The van der Waals surface area contributed by atoms with Crippen LogP contribution in [0.3, 0.4) is 0 Å². The third kappa shape index (κ3) is 6.96. The summed E-state index contributed by atoms with van der Waals surface area (Å²) < 4.78 is 10.0. The highest BCUT2D eigenvalue weighted by molar-refractivity contribution is 7.17. The number of unbranched alkanes of at least 4 members (excludes halogenated alkanes) is 2. The number of amides is 1. The van der Waals surface area contributed by atoms with Crippen LogP contribution in [0.2, 0.25) is 0 Å². The molecule has 0 radical (unpaired) electrons. The number of carbonyl (C=O) groups excluding carboxylic acids is 2. The first-order chi connectivity index (χ1) is 15.8. The van der Waals surface area contributed by atoms with Crippen molar-refractivity contribution in [3.05, 3.63) is 44.4 Å². The molecular weight excluding hydrogens is 448 g/mol. The number of carbonyl (C=O) groups is 2. The summed E-state index contributed by atoms with van der Waals surface area (Å²) in [5.41, 5.74) is 0.750. The van der Waals surface area contributed by atoms with Gasteiger partial charge in [-0.3, -0.25) is 19.8 Å². The molecule has 10 nitrogen and oxygen atoms in total. The molecule has 2 rings (SSSR count). The van der Waals surface area contributed by atoms with Crippen LogP contribution in [-0.4, -0.2) is 55.2 Å². The number of nitro benzene ring substituents is 1. The summed E-state index contributed by atoms with van der Waals surface area (Å²) in [6, 6.07) is 4.32. The average Bonchev–Trinajstić information content (AvgIpc) is 3.18. The number of nitro groups is 1. The topological polar surface area (TPSA) is 124 Å². The Morgan fingerprint density at radius 2 is 2.03 bits per heavy atom. The zero-order valence-electron chi connectivity index (χ0n) is 19.4. The average molecular weight is 479 g/mol. The molecule has 0 spiro atoms. The van der Waals surface area contributed by atoms with Crippen LogP contribution in [0.5, 0.6) is 0 Å². The van der Waals surface area contributed by atoms with Crippen molar-refractivity contribution in [3.63, 3.8) is 0 Å². The van der Waals surface area contributed by atoms with Crippen LogP contribution in [0.25, 0.3) is 0 Å². The Labute approximate surface area is 197 Å². The minimum absolute atomic E-state index is 0.168. The van der Waals surface area contributed by atoms with Crippen molar-refractivity contribution >= 4 is 39.7 Å². The van der Waals surface area contributed by atoms with E-state index in [4.69, 9.17) is 9.47 Å². The highest BCUT2D eigenvalue weighted by Gasteiger charge is 2.26. The molecule has 1 aromatic heterocycles. The minimum atomic E-state index is -0.528. The molecule has 180 valence electrons. The molecule has 0 unspecified atom stereocenters. The number of hydrogen-bond acceptors (Lipinski definition) is 9. The highest BCUT2D eigenvalue weighted by atomic mass is 32.1. The van der Waals surface area contributed by atoms with Gasteiger partial charge in [0.1, 0.15) is 10.6 Å². The molecule has 0 aliphatic heterocycles. The summed E-state index contributed by atoms with van der Waals surface area (Å²) in [4.78, 5) is 43.0. The van der Waals surface area contributed by atoms with Gasteiger partial charge in [0.15, 0.2) is 5.13 Å². The number of ether oxygens (including phenoxy) is 2. The fraction of sp³-hybridized carbons (Fsp3) is 0.500. The molecule has 11 heteroatoms. The van der Waals surface area contributed by atoms with E-state index in [2.05, 4.69) is 17.2 Å². The van der Waals surface area contributed by atoms with Crippen molar-refractivity contribution in [2.45, 2.75) is 40.0 Å². The molecule has 0 saturated heterocycles. The second-order valence-electron chi connectivity index (χ2n) is 7.20. The first-order valence-corrected chi connectivity index (χ1v) is 11.6. The van der Waals surface area contributed by atoms with Gasteiger partial charge in [0.2, 0.25) is 0 Å². The number of thiazole rings is 1. The van der Waals surface area contributed by atoms with Crippen molar-refractivity contribution in [2.75, 3.05) is 43.6 Å². The van der Waals surface area contributed by atoms with Crippen molar-refractivity contribution in [3.8, 4) is 0 Å². The lowest BCUT2D eigenvalue weighted by atomic mass is 10.1. The fourth-order valence-corrected chi connectivity index (χ4v) is 4.08. The number of hydrogen-bond donors (Lipinski definition) is 1. The minimum Gasteiger partial charge on any atom is -0.462 e. The van der Waals surface area contributed by atoms with Crippen LogP contribution in [0, 0.1) is 17.0 Å². The lowest BCUT2D eigenvalue weighted by Crippen LogP contribution is -2.32. The van der Waals surface area contributed by atoms with E-state index in [-0.39, 0.29) is 17.9 Å². The molecule has 1 N–H and O–H groups in total. The molecule has 0 fully saturated rings. The summed E-state index contributed by atoms with van der Waals surface area (Å²) in [5.74, 6) is -0.899. The molecule has 0 aliphatic rings. The Morgan fingerprint density at radius 1 is 1.27 bits per heavy atom. The van der Waals surface area contributed by atoms with E-state index >= 15 is 0 Å². The smallest absolute Gasteiger partial charge is 0.350 e. The van der Waals surface area contributed by atoms with Crippen LogP contribution in [0.1, 0.15) is 58.8 Å². The maximum atomic E-state index is 13.4. The number of aromatic nitrogens is 1. The first-order valence-electron chi connectivity index (χ1n) is 10.8. The fourth-order valence-electron chi connectivity index (χ4n) is 3.10. The number of methoxy groups -OCH3 is 1. The van der Waals surface area contributed by atoms with Crippen molar-refractivity contribution in [1.82, 2.24) is 4.98 Å². The number of benzene rings is 1. The molecule has 1 aromatic carbocycles. The molecule has 0 aliphatic carbocycles. The summed E-state index contributed by atoms with van der Waals surface area (Å²) in [5, 5.41) is 14.9. The molecule has 0 bridgehead atoms. The SMILES string of the molecule is CCCCCN(C(=O)c1ccc(NCCOC)c([N+](=O)[O-])c1)c1nc(C)c(C(=O)OCC)s1. The molecule has 1 amide bonds. The van der Waals surface area contributed by atoms with Gasteiger partial charge in [-0.2, -0.15) is 0 Å². The van der Waals surface area contributed by atoms with Gasteiger partial charge >= 0.3 is 5.97 Å². The third-order valence-electron chi connectivity index (χ3n) is 4.77. The van der Waals surface area contributed by atoms with Gasteiger partial charge in [-0.05, 0) is 32.4 Å². The zero-order valence-corrected chi connectivity index (χ0v) is 20.2. The van der Waals surface area contributed by atoms with Gasteiger partial charge in [0, 0.05) is 31.8 Å². The number of esters is 1. The van der Waals surface area contributed by atoms with E-state index in [1.54, 1.807) is 27.0 Å². The molecule has 1 heterocycles. The van der Waals surface area contributed by atoms with Gasteiger partial charge in [0.05, 0.1) is 23.8 Å². The normalized spacial score (nSPS) is 10.7. The lowest BCUT2D eigenvalue weighted by molar-refractivity contribution is -0.384. The van der Waals surface area contributed by atoms with Crippen LogP contribution in [0.15, 0.2) is 18.2 Å².